The second kappa shape index (κ2) is 7.02. The molecule has 3 nitrogen and oxygen atoms in total. The molecule has 130 valence electrons. The lowest BCUT2D eigenvalue weighted by Gasteiger charge is -2.36. The van der Waals surface area contributed by atoms with E-state index >= 15 is 0 Å². The first-order valence-electron chi connectivity index (χ1n) is 8.48. The van der Waals surface area contributed by atoms with Gasteiger partial charge in [-0.2, -0.15) is 0 Å². The van der Waals surface area contributed by atoms with E-state index in [1.807, 2.05) is 18.2 Å². The van der Waals surface area contributed by atoms with E-state index in [1.54, 1.807) is 11.3 Å². The van der Waals surface area contributed by atoms with E-state index in [0.29, 0.717) is 10.0 Å². The first kappa shape index (κ1) is 17.0. The quantitative estimate of drug-likeness (QED) is 0.587. The third-order valence-corrected chi connectivity index (χ3v) is 6.49. The van der Waals surface area contributed by atoms with Gasteiger partial charge in [0.05, 0.1) is 20.3 Å². The second-order valence-electron chi connectivity index (χ2n) is 6.22. The Morgan fingerprint density at radius 2 is 1.72 bits per heavy atom. The molecule has 1 aromatic heterocycles. The fourth-order valence-electron chi connectivity index (χ4n) is 3.15. The van der Waals surface area contributed by atoms with Crippen molar-refractivity contribution < 1.29 is 0 Å². The minimum Gasteiger partial charge on any atom is -0.368 e. The van der Waals surface area contributed by atoms with Crippen LogP contribution in [0.4, 0.5) is 10.8 Å². The van der Waals surface area contributed by atoms with Gasteiger partial charge in [-0.05, 0) is 42.3 Å². The second-order valence-corrected chi connectivity index (χ2v) is 8.05. The zero-order chi connectivity index (χ0) is 17.4. The lowest BCUT2D eigenvalue weighted by Crippen LogP contribution is -2.46. The van der Waals surface area contributed by atoms with Crippen molar-refractivity contribution in [1.29, 1.82) is 0 Å². The summed E-state index contributed by atoms with van der Waals surface area (Å²) >= 11 is 14.0. The van der Waals surface area contributed by atoms with Gasteiger partial charge in [0.1, 0.15) is 0 Å². The van der Waals surface area contributed by atoms with Crippen LogP contribution in [0, 0.1) is 0 Å². The van der Waals surface area contributed by atoms with Crippen LogP contribution < -0.4 is 9.80 Å². The Morgan fingerprint density at radius 1 is 0.960 bits per heavy atom. The van der Waals surface area contributed by atoms with E-state index in [0.717, 1.165) is 48.9 Å². The normalized spacial score (nSPS) is 15.2. The van der Waals surface area contributed by atoms with Crippen molar-refractivity contribution in [2.45, 2.75) is 13.3 Å². The highest BCUT2D eigenvalue weighted by Crippen LogP contribution is 2.32. The third kappa shape index (κ3) is 3.43. The third-order valence-electron chi connectivity index (χ3n) is 4.67. The number of aromatic nitrogens is 1. The van der Waals surface area contributed by atoms with Crippen molar-refractivity contribution in [3.8, 4) is 0 Å². The zero-order valence-electron chi connectivity index (χ0n) is 14.0. The monoisotopic (exact) mass is 391 g/mol. The van der Waals surface area contributed by atoms with Gasteiger partial charge in [0, 0.05) is 31.9 Å². The number of nitrogens with zero attached hydrogens (tertiary/aromatic N) is 3. The number of thiazole rings is 1. The molecule has 2 heterocycles. The minimum atomic E-state index is 0.602. The molecule has 1 aliphatic heterocycles. The number of piperazine rings is 1. The van der Waals surface area contributed by atoms with Crippen LogP contribution in [-0.2, 0) is 6.42 Å². The Morgan fingerprint density at radius 3 is 2.44 bits per heavy atom. The number of halogens is 2. The van der Waals surface area contributed by atoms with Gasteiger partial charge in [-0.3, -0.25) is 0 Å². The largest absolute Gasteiger partial charge is 0.368 e. The highest BCUT2D eigenvalue weighted by atomic mass is 35.5. The van der Waals surface area contributed by atoms with Crippen molar-refractivity contribution in [3.05, 3.63) is 52.0 Å². The van der Waals surface area contributed by atoms with Crippen molar-refractivity contribution in [2.24, 2.45) is 0 Å². The summed E-state index contributed by atoms with van der Waals surface area (Å²) < 4.78 is 1.28. The molecule has 0 amide bonds. The first-order valence-corrected chi connectivity index (χ1v) is 10.1. The maximum absolute atomic E-state index is 6.15. The molecule has 1 fully saturated rings. The SMILES string of the molecule is CCc1ccc2nc(N3CCN(c4ccc(Cl)c(Cl)c4)CC3)sc2c1. The number of benzene rings is 2. The molecule has 2 aromatic carbocycles. The molecule has 1 aliphatic rings. The molecule has 1 saturated heterocycles. The Labute approximate surface area is 161 Å². The summed E-state index contributed by atoms with van der Waals surface area (Å²) in [6.07, 6.45) is 1.06. The number of anilines is 2. The van der Waals surface area contributed by atoms with Gasteiger partial charge in [-0.1, -0.05) is 47.5 Å². The summed E-state index contributed by atoms with van der Waals surface area (Å²) in [6.45, 7) is 6.01. The Bertz CT molecular complexity index is 901. The van der Waals surface area contributed by atoms with Crippen LogP contribution in [0.5, 0.6) is 0 Å². The molecule has 0 N–H and O–H groups in total. The Balaban J connectivity index is 1.48. The molecular formula is C19H19Cl2N3S. The Kier molecular flexibility index (Phi) is 4.76. The average molecular weight is 392 g/mol. The van der Waals surface area contributed by atoms with E-state index in [-0.39, 0.29) is 0 Å². The molecule has 25 heavy (non-hydrogen) atoms. The Hall–Kier alpha value is -1.49. The molecule has 0 radical (unpaired) electrons. The fourth-order valence-corrected chi connectivity index (χ4v) is 4.52. The molecule has 0 unspecified atom stereocenters. The number of hydrogen-bond acceptors (Lipinski definition) is 4. The molecule has 4 rings (SSSR count). The summed E-state index contributed by atoms with van der Waals surface area (Å²) in [7, 11) is 0. The number of aryl methyl sites for hydroxylation is 1. The summed E-state index contributed by atoms with van der Waals surface area (Å²) in [6, 6.07) is 12.4. The first-order chi connectivity index (χ1) is 12.1. The van der Waals surface area contributed by atoms with Crippen LogP contribution in [0.3, 0.4) is 0 Å². The van der Waals surface area contributed by atoms with E-state index in [4.69, 9.17) is 28.2 Å². The molecule has 0 aliphatic carbocycles. The molecule has 6 heteroatoms. The standard InChI is InChI=1S/C19H19Cl2N3S/c1-2-13-3-6-17-18(11-13)25-19(22-17)24-9-7-23(8-10-24)14-4-5-15(20)16(21)12-14/h3-6,11-12H,2,7-10H2,1H3. The van der Waals surface area contributed by atoms with E-state index in [1.165, 1.54) is 10.3 Å². The van der Waals surface area contributed by atoms with Gasteiger partial charge in [0.15, 0.2) is 5.13 Å². The lowest BCUT2D eigenvalue weighted by molar-refractivity contribution is 0.652. The van der Waals surface area contributed by atoms with Crippen molar-refractivity contribution in [2.75, 3.05) is 36.0 Å². The minimum absolute atomic E-state index is 0.602. The number of hydrogen-bond donors (Lipinski definition) is 0. The van der Waals surface area contributed by atoms with E-state index < -0.39 is 0 Å². The summed E-state index contributed by atoms with van der Waals surface area (Å²) in [5.41, 5.74) is 3.60. The van der Waals surface area contributed by atoms with Crippen LogP contribution in [0.1, 0.15) is 12.5 Å². The predicted octanol–water partition coefficient (Wildman–Crippen LogP) is 5.49. The smallest absolute Gasteiger partial charge is 0.186 e. The zero-order valence-corrected chi connectivity index (χ0v) is 16.3. The summed E-state index contributed by atoms with van der Waals surface area (Å²) in [5.74, 6) is 0. The number of rotatable bonds is 3. The van der Waals surface area contributed by atoms with Gasteiger partial charge < -0.3 is 9.80 Å². The molecule has 3 aromatic rings. The summed E-state index contributed by atoms with van der Waals surface area (Å²) in [5, 5.41) is 2.33. The van der Waals surface area contributed by atoms with Crippen LogP contribution in [0.15, 0.2) is 36.4 Å². The highest BCUT2D eigenvalue weighted by molar-refractivity contribution is 7.22. The van der Waals surface area contributed by atoms with E-state index in [2.05, 4.69) is 34.9 Å². The molecule has 0 atom stereocenters. The van der Waals surface area contributed by atoms with Gasteiger partial charge in [0.25, 0.3) is 0 Å². The van der Waals surface area contributed by atoms with Gasteiger partial charge in [-0.15, -0.1) is 0 Å². The van der Waals surface area contributed by atoms with Gasteiger partial charge >= 0.3 is 0 Å². The van der Waals surface area contributed by atoms with Crippen molar-refractivity contribution >= 4 is 55.6 Å². The fraction of sp³-hybridized carbons (Fsp3) is 0.316. The van der Waals surface area contributed by atoms with Crippen molar-refractivity contribution in [3.63, 3.8) is 0 Å². The maximum atomic E-state index is 6.15. The van der Waals surface area contributed by atoms with Crippen LogP contribution in [-0.4, -0.2) is 31.2 Å². The van der Waals surface area contributed by atoms with Crippen molar-refractivity contribution in [1.82, 2.24) is 4.98 Å². The van der Waals surface area contributed by atoms with Crippen LogP contribution >= 0.6 is 34.5 Å². The highest BCUT2D eigenvalue weighted by Gasteiger charge is 2.20. The van der Waals surface area contributed by atoms with Crippen LogP contribution in [0.25, 0.3) is 10.2 Å². The summed E-state index contributed by atoms with van der Waals surface area (Å²) in [4.78, 5) is 9.55. The van der Waals surface area contributed by atoms with Crippen LogP contribution in [0.2, 0.25) is 10.0 Å². The van der Waals surface area contributed by atoms with E-state index in [9.17, 15) is 0 Å². The predicted molar refractivity (Wildman–Crippen MR) is 110 cm³/mol. The van der Waals surface area contributed by atoms with Gasteiger partial charge in [0.2, 0.25) is 0 Å². The average Bonchev–Trinajstić information content (AvgIpc) is 3.07. The topological polar surface area (TPSA) is 19.4 Å². The van der Waals surface area contributed by atoms with Gasteiger partial charge in [-0.25, -0.2) is 4.98 Å². The molecular weight excluding hydrogens is 373 g/mol. The lowest BCUT2D eigenvalue weighted by atomic mass is 10.2. The maximum Gasteiger partial charge on any atom is 0.186 e. The number of fused-ring (bicyclic) bond motifs is 1. The molecule has 0 saturated carbocycles. The molecule has 0 bridgehead atoms. The molecule has 0 spiro atoms.